The summed E-state index contributed by atoms with van der Waals surface area (Å²) in [6.45, 7) is 0.459. The van der Waals surface area contributed by atoms with Gasteiger partial charge in [-0.3, -0.25) is 14.7 Å². The molecule has 3 N–H and O–H groups in total. The summed E-state index contributed by atoms with van der Waals surface area (Å²) in [7, 11) is 0. The summed E-state index contributed by atoms with van der Waals surface area (Å²) in [6, 6.07) is 6.23. The first kappa shape index (κ1) is 18.5. The highest BCUT2D eigenvalue weighted by Crippen LogP contribution is 2.31. The van der Waals surface area contributed by atoms with Crippen LogP contribution >= 0.6 is 23.2 Å². The predicted molar refractivity (Wildman–Crippen MR) is 97.4 cm³/mol. The molecule has 2 aromatic rings. The number of hydrogen-bond donors (Lipinski definition) is 2. The molecule has 1 fully saturated rings. The first-order valence-electron chi connectivity index (χ1n) is 8.18. The average Bonchev–Trinajstić information content (AvgIpc) is 3.11. The summed E-state index contributed by atoms with van der Waals surface area (Å²) < 4.78 is 5.55. The molecule has 26 heavy (non-hydrogen) atoms. The minimum Gasteiger partial charge on any atom is -0.482 e. The zero-order valence-corrected chi connectivity index (χ0v) is 15.4. The monoisotopic (exact) mass is 396 g/mol. The number of nitrogens with one attached hydrogen (secondary N) is 1. The highest BCUT2D eigenvalue weighted by atomic mass is 35.5. The molecule has 0 unspecified atom stereocenters. The summed E-state index contributed by atoms with van der Waals surface area (Å²) in [5.41, 5.74) is 6.09. The Hall–Kier alpha value is -2.25. The van der Waals surface area contributed by atoms with Gasteiger partial charge in [0.15, 0.2) is 6.61 Å². The van der Waals surface area contributed by atoms with Crippen LogP contribution in [0.5, 0.6) is 5.75 Å². The van der Waals surface area contributed by atoms with Gasteiger partial charge in [-0.05, 0) is 43.5 Å². The van der Waals surface area contributed by atoms with Crippen molar-refractivity contribution >= 4 is 35.0 Å². The second-order valence-corrected chi connectivity index (χ2v) is 6.88. The number of nitrogens with zero attached hydrogens (tertiary/aromatic N) is 2. The Labute approximate surface area is 160 Å². The van der Waals surface area contributed by atoms with Gasteiger partial charge in [0, 0.05) is 11.6 Å². The number of amides is 2. The number of aromatic amines is 1. The fourth-order valence-electron chi connectivity index (χ4n) is 3.00. The van der Waals surface area contributed by atoms with Gasteiger partial charge >= 0.3 is 0 Å². The number of halogens is 2. The van der Waals surface area contributed by atoms with Crippen molar-refractivity contribution in [2.24, 2.45) is 5.73 Å². The van der Waals surface area contributed by atoms with Crippen LogP contribution in [-0.2, 0) is 4.79 Å². The Morgan fingerprint density at radius 1 is 1.31 bits per heavy atom. The normalized spacial score (nSPS) is 17.2. The molecule has 3 rings (SSSR count). The summed E-state index contributed by atoms with van der Waals surface area (Å²) in [5, 5.41) is 7.55. The Balaban J connectivity index is 1.70. The molecule has 1 saturated heterocycles. The number of ether oxygens (including phenoxy) is 1. The lowest BCUT2D eigenvalue weighted by Gasteiger charge is -2.35. The zero-order valence-electron chi connectivity index (χ0n) is 13.9. The number of benzene rings is 1. The Morgan fingerprint density at radius 2 is 2.12 bits per heavy atom. The van der Waals surface area contributed by atoms with Crippen LogP contribution in [0.2, 0.25) is 10.0 Å². The number of carbonyl (C=O) groups excluding carboxylic acids is 2. The largest absolute Gasteiger partial charge is 0.482 e. The van der Waals surface area contributed by atoms with E-state index in [0.29, 0.717) is 28.0 Å². The van der Waals surface area contributed by atoms with Crippen molar-refractivity contribution in [3.63, 3.8) is 0 Å². The summed E-state index contributed by atoms with van der Waals surface area (Å²) >= 11 is 11.9. The summed E-state index contributed by atoms with van der Waals surface area (Å²) in [4.78, 5) is 25.7. The van der Waals surface area contributed by atoms with Crippen molar-refractivity contribution in [1.82, 2.24) is 15.1 Å². The van der Waals surface area contributed by atoms with E-state index in [1.54, 1.807) is 29.2 Å². The van der Waals surface area contributed by atoms with E-state index < -0.39 is 5.91 Å². The van der Waals surface area contributed by atoms with E-state index in [1.165, 1.54) is 0 Å². The third kappa shape index (κ3) is 4.11. The fourth-order valence-corrected chi connectivity index (χ4v) is 3.46. The van der Waals surface area contributed by atoms with Gasteiger partial charge in [0.25, 0.3) is 11.8 Å². The molecule has 9 heteroatoms. The summed E-state index contributed by atoms with van der Waals surface area (Å²) in [5.74, 6) is -0.381. The maximum absolute atomic E-state index is 12.7. The Kier molecular flexibility index (Phi) is 5.68. The molecule has 1 atom stereocenters. The predicted octanol–water partition coefficient (Wildman–Crippen LogP) is 2.95. The van der Waals surface area contributed by atoms with Gasteiger partial charge < -0.3 is 15.4 Å². The molecular weight excluding hydrogens is 379 g/mol. The number of primary amides is 1. The quantitative estimate of drug-likeness (QED) is 0.810. The number of H-pyrrole nitrogens is 1. The lowest BCUT2D eigenvalue weighted by molar-refractivity contribution is -0.137. The first-order chi connectivity index (χ1) is 12.5. The lowest BCUT2D eigenvalue weighted by Crippen LogP contribution is -2.41. The second-order valence-electron chi connectivity index (χ2n) is 6.03. The fraction of sp³-hybridized carbons (Fsp3) is 0.353. The van der Waals surface area contributed by atoms with Crippen molar-refractivity contribution < 1.29 is 14.3 Å². The van der Waals surface area contributed by atoms with Crippen LogP contribution in [0, 0.1) is 0 Å². The van der Waals surface area contributed by atoms with Crippen LogP contribution in [-0.4, -0.2) is 40.1 Å². The minimum atomic E-state index is -0.609. The number of rotatable bonds is 5. The number of nitrogens with two attached hydrogens (primary N) is 1. The molecule has 7 nitrogen and oxygen atoms in total. The highest BCUT2D eigenvalue weighted by molar-refractivity contribution is 6.35. The number of piperidine rings is 1. The third-order valence-electron chi connectivity index (χ3n) is 4.28. The number of aromatic nitrogens is 2. The van der Waals surface area contributed by atoms with Crippen LogP contribution < -0.4 is 10.5 Å². The molecule has 1 aromatic carbocycles. The van der Waals surface area contributed by atoms with E-state index in [9.17, 15) is 9.59 Å². The van der Waals surface area contributed by atoms with Crippen LogP contribution in [0.3, 0.4) is 0 Å². The summed E-state index contributed by atoms with van der Waals surface area (Å²) in [6.07, 6.45) is 2.65. The molecule has 2 heterocycles. The van der Waals surface area contributed by atoms with Crippen molar-refractivity contribution in [3.05, 3.63) is 45.7 Å². The first-order valence-corrected chi connectivity index (χ1v) is 8.93. The van der Waals surface area contributed by atoms with Gasteiger partial charge in [-0.25, -0.2) is 0 Å². The Bertz CT molecular complexity index is 824. The number of hydrogen-bond acceptors (Lipinski definition) is 4. The molecule has 1 aliphatic rings. The molecule has 0 saturated carbocycles. The number of likely N-dealkylation sites (tertiary alicyclic amines) is 1. The second kappa shape index (κ2) is 7.97. The maximum Gasteiger partial charge on any atom is 0.269 e. The average molecular weight is 397 g/mol. The van der Waals surface area contributed by atoms with E-state index in [4.69, 9.17) is 33.7 Å². The van der Waals surface area contributed by atoms with Crippen LogP contribution in [0.1, 0.15) is 41.5 Å². The molecule has 0 aliphatic carbocycles. The molecule has 138 valence electrons. The van der Waals surface area contributed by atoms with E-state index in [0.717, 1.165) is 19.3 Å². The van der Waals surface area contributed by atoms with E-state index in [2.05, 4.69) is 10.2 Å². The minimum absolute atomic E-state index is 0.144. The van der Waals surface area contributed by atoms with Gasteiger partial charge in [-0.2, -0.15) is 5.10 Å². The van der Waals surface area contributed by atoms with Crippen molar-refractivity contribution in [1.29, 1.82) is 0 Å². The zero-order chi connectivity index (χ0) is 18.7. The number of carbonyl (C=O) groups is 2. The Morgan fingerprint density at radius 3 is 2.81 bits per heavy atom. The molecule has 0 radical (unpaired) electrons. The smallest absolute Gasteiger partial charge is 0.269 e. The highest BCUT2D eigenvalue weighted by Gasteiger charge is 2.30. The third-order valence-corrected chi connectivity index (χ3v) is 4.81. The van der Waals surface area contributed by atoms with Crippen LogP contribution in [0.4, 0.5) is 0 Å². The van der Waals surface area contributed by atoms with E-state index in [-0.39, 0.29) is 24.2 Å². The van der Waals surface area contributed by atoms with Crippen molar-refractivity contribution in [2.75, 3.05) is 13.2 Å². The lowest BCUT2D eigenvalue weighted by atomic mass is 9.99. The molecule has 0 bridgehead atoms. The van der Waals surface area contributed by atoms with Crippen molar-refractivity contribution in [3.8, 4) is 5.75 Å². The van der Waals surface area contributed by atoms with Crippen LogP contribution in [0.25, 0.3) is 0 Å². The topological polar surface area (TPSA) is 101 Å². The van der Waals surface area contributed by atoms with Gasteiger partial charge in [-0.15, -0.1) is 0 Å². The maximum atomic E-state index is 12.7. The van der Waals surface area contributed by atoms with E-state index >= 15 is 0 Å². The van der Waals surface area contributed by atoms with Gasteiger partial charge in [0.05, 0.1) is 16.8 Å². The molecule has 1 aromatic heterocycles. The van der Waals surface area contributed by atoms with Gasteiger partial charge in [0.1, 0.15) is 11.4 Å². The van der Waals surface area contributed by atoms with E-state index in [1.807, 2.05) is 0 Å². The standard InChI is InChI=1S/C17H18Cl2N4O3/c18-10-4-5-15(11(19)7-10)26-9-16(24)23-6-2-1-3-14(23)12-8-13(17(20)25)22-21-12/h4-5,7-8,14H,1-3,6,9H2,(H2,20,25)(H,21,22)/t14-/m1/s1. The molecule has 0 spiro atoms. The van der Waals surface area contributed by atoms with Crippen LogP contribution in [0.15, 0.2) is 24.3 Å². The molecule has 2 amide bonds. The molecule has 1 aliphatic heterocycles. The van der Waals surface area contributed by atoms with Crippen molar-refractivity contribution in [2.45, 2.75) is 25.3 Å². The SMILES string of the molecule is NC(=O)c1cc([C@H]2CCCCN2C(=O)COc2ccc(Cl)cc2Cl)[nH]n1. The van der Waals surface area contributed by atoms with Gasteiger partial charge in [0.2, 0.25) is 0 Å². The van der Waals surface area contributed by atoms with Gasteiger partial charge in [-0.1, -0.05) is 23.2 Å². The molecular formula is C17H18Cl2N4O3.